The first-order valence-corrected chi connectivity index (χ1v) is 15.2. The molecule has 3 N–H and O–H groups in total. The highest BCUT2D eigenvalue weighted by Crippen LogP contribution is 2.46. The predicted octanol–water partition coefficient (Wildman–Crippen LogP) is 6.12. The molecule has 1 unspecified atom stereocenters. The van der Waals surface area contributed by atoms with Crippen molar-refractivity contribution in [2.45, 2.75) is 100 Å². The summed E-state index contributed by atoms with van der Waals surface area (Å²) in [5.74, 6) is -6.42. The number of halogens is 4. The smallest absolute Gasteiger partial charge is 0.276 e. The Hall–Kier alpha value is -3.51. The molecule has 7 rings (SSSR count). The second-order valence-electron chi connectivity index (χ2n) is 13.1. The number of aromatic amines is 1. The Morgan fingerprint density at radius 1 is 0.953 bits per heavy atom. The lowest BCUT2D eigenvalue weighted by molar-refractivity contribution is -0.134. The van der Waals surface area contributed by atoms with E-state index in [0.29, 0.717) is 35.4 Å². The number of aromatic nitrogens is 4. The number of H-pyrrole nitrogens is 1. The molecule has 0 bridgehead atoms. The number of amides is 2. The van der Waals surface area contributed by atoms with Gasteiger partial charge in [0.25, 0.3) is 5.91 Å². The zero-order chi connectivity index (χ0) is 29.9. The standard InChI is InChI=1S/C30H34F4N6O3/c31-29(32)9-1-2-19(14-29)25(38-28(42)26-24(17-5-6-17)39-43-40-26)27-35-20-8-7-18(11-21(20)36-27)23(16-3-4-16)37-22(41)10-15-12-30(33,34)13-15/h7-8,11,15-17,19,23,25H,1-6,9-10,12-14H2,(H,35,36)(H,37,41)(H,38,42)/t19-,23?,25+/m1/s1. The number of hydrogen-bond acceptors (Lipinski definition) is 6. The lowest BCUT2D eigenvalue weighted by Gasteiger charge is -2.34. The van der Waals surface area contributed by atoms with Gasteiger partial charge in [-0.2, -0.15) is 0 Å². The second-order valence-corrected chi connectivity index (χ2v) is 13.1. The summed E-state index contributed by atoms with van der Waals surface area (Å²) >= 11 is 0. The van der Waals surface area contributed by atoms with Gasteiger partial charge in [0, 0.05) is 38.0 Å². The van der Waals surface area contributed by atoms with Crippen molar-refractivity contribution < 1.29 is 31.8 Å². The maximum atomic E-state index is 14.5. The number of imidazole rings is 1. The molecule has 0 aliphatic heterocycles. The average Bonchev–Trinajstić information content (AvgIpc) is 3.86. The summed E-state index contributed by atoms with van der Waals surface area (Å²) in [4.78, 5) is 34.0. The van der Waals surface area contributed by atoms with Crippen LogP contribution < -0.4 is 10.6 Å². The van der Waals surface area contributed by atoms with Crippen LogP contribution in [0.15, 0.2) is 22.8 Å². The molecule has 2 amide bonds. The van der Waals surface area contributed by atoms with E-state index >= 15 is 0 Å². The lowest BCUT2D eigenvalue weighted by Crippen LogP contribution is -2.39. The molecule has 4 aliphatic carbocycles. The normalized spacial score (nSPS) is 24.7. The van der Waals surface area contributed by atoms with Crippen LogP contribution >= 0.6 is 0 Å². The summed E-state index contributed by atoms with van der Waals surface area (Å²) < 4.78 is 60.4. The molecule has 230 valence electrons. The zero-order valence-electron chi connectivity index (χ0n) is 23.6. The highest BCUT2D eigenvalue weighted by molar-refractivity contribution is 5.93. The van der Waals surface area contributed by atoms with Crippen molar-refractivity contribution in [2.24, 2.45) is 17.8 Å². The number of rotatable bonds is 10. The molecule has 3 aromatic rings. The molecule has 13 heteroatoms. The summed E-state index contributed by atoms with van der Waals surface area (Å²) in [7, 11) is 0. The van der Waals surface area contributed by atoms with E-state index in [1.165, 1.54) is 0 Å². The average molecular weight is 603 g/mol. The Labute approximate surface area is 244 Å². The molecule has 4 saturated carbocycles. The molecule has 3 atom stereocenters. The summed E-state index contributed by atoms with van der Waals surface area (Å²) in [6, 6.07) is 4.47. The largest absolute Gasteiger partial charge is 0.349 e. The van der Waals surface area contributed by atoms with Gasteiger partial charge in [-0.05, 0) is 79.1 Å². The number of carbonyl (C=O) groups is 2. The van der Waals surface area contributed by atoms with E-state index in [1.807, 2.05) is 12.1 Å². The highest BCUT2D eigenvalue weighted by Gasteiger charge is 2.46. The molecule has 0 saturated heterocycles. The minimum Gasteiger partial charge on any atom is -0.349 e. The Balaban J connectivity index is 1.13. The number of nitrogens with one attached hydrogen (secondary N) is 3. The first-order valence-electron chi connectivity index (χ1n) is 15.2. The van der Waals surface area contributed by atoms with Gasteiger partial charge in [0.15, 0.2) is 5.69 Å². The van der Waals surface area contributed by atoms with Crippen LogP contribution in [-0.2, 0) is 4.79 Å². The van der Waals surface area contributed by atoms with Crippen LogP contribution in [0.25, 0.3) is 11.0 Å². The summed E-state index contributed by atoms with van der Waals surface area (Å²) in [6.45, 7) is 0. The molecule has 43 heavy (non-hydrogen) atoms. The summed E-state index contributed by atoms with van der Waals surface area (Å²) in [6.07, 6.45) is 3.49. The molecule has 4 aliphatic rings. The van der Waals surface area contributed by atoms with Crippen molar-refractivity contribution >= 4 is 22.8 Å². The maximum Gasteiger partial charge on any atom is 0.276 e. The van der Waals surface area contributed by atoms with Crippen molar-refractivity contribution in [3.05, 3.63) is 41.0 Å². The Morgan fingerprint density at radius 3 is 2.44 bits per heavy atom. The molecule has 0 radical (unpaired) electrons. The summed E-state index contributed by atoms with van der Waals surface area (Å²) in [5.41, 5.74) is 2.65. The van der Waals surface area contributed by atoms with Gasteiger partial charge in [-0.25, -0.2) is 27.2 Å². The van der Waals surface area contributed by atoms with E-state index < -0.39 is 29.7 Å². The van der Waals surface area contributed by atoms with Gasteiger partial charge in [0.1, 0.15) is 11.5 Å². The van der Waals surface area contributed by atoms with Gasteiger partial charge in [0.05, 0.1) is 23.1 Å². The molecule has 2 heterocycles. The third-order valence-electron chi connectivity index (χ3n) is 9.37. The molecule has 4 fully saturated rings. The van der Waals surface area contributed by atoms with E-state index in [1.54, 1.807) is 6.07 Å². The van der Waals surface area contributed by atoms with Crippen LogP contribution in [0.3, 0.4) is 0 Å². The molecular weight excluding hydrogens is 568 g/mol. The van der Waals surface area contributed by atoms with Crippen molar-refractivity contribution in [3.8, 4) is 0 Å². The van der Waals surface area contributed by atoms with Gasteiger partial charge >= 0.3 is 0 Å². The van der Waals surface area contributed by atoms with Crippen molar-refractivity contribution in [1.82, 2.24) is 30.9 Å². The molecule has 0 spiro atoms. The quantitative estimate of drug-likeness (QED) is 0.240. The fourth-order valence-corrected chi connectivity index (χ4v) is 6.81. The van der Waals surface area contributed by atoms with Gasteiger partial charge in [-0.15, -0.1) is 0 Å². The van der Waals surface area contributed by atoms with E-state index in [0.717, 1.165) is 31.2 Å². The Morgan fingerprint density at radius 2 is 1.74 bits per heavy atom. The van der Waals surface area contributed by atoms with E-state index in [9.17, 15) is 27.2 Å². The SMILES string of the molecule is O=C(CC1CC(F)(F)C1)NC(c1ccc2nc([C@@H](NC(=O)c3nonc3C3CC3)[C@@H]3CCCC(F)(F)C3)[nH]c2c1)C1CC1. The van der Waals surface area contributed by atoms with Crippen LogP contribution in [0, 0.1) is 17.8 Å². The Bertz CT molecular complexity index is 1520. The number of fused-ring (bicyclic) bond motifs is 1. The predicted molar refractivity (Wildman–Crippen MR) is 145 cm³/mol. The first-order chi connectivity index (χ1) is 20.5. The zero-order valence-corrected chi connectivity index (χ0v) is 23.6. The number of hydrogen-bond donors (Lipinski definition) is 3. The third kappa shape index (κ3) is 6.12. The van der Waals surface area contributed by atoms with Gasteiger partial charge in [-0.1, -0.05) is 11.2 Å². The van der Waals surface area contributed by atoms with Crippen LogP contribution in [0.2, 0.25) is 0 Å². The van der Waals surface area contributed by atoms with Crippen molar-refractivity contribution in [1.29, 1.82) is 0 Å². The highest BCUT2D eigenvalue weighted by atomic mass is 19.3. The van der Waals surface area contributed by atoms with Gasteiger partial charge < -0.3 is 15.6 Å². The minimum atomic E-state index is -2.84. The lowest BCUT2D eigenvalue weighted by atomic mass is 9.79. The van der Waals surface area contributed by atoms with Crippen LogP contribution in [-0.4, -0.2) is 43.9 Å². The third-order valence-corrected chi connectivity index (χ3v) is 9.37. The first kappa shape index (κ1) is 28.3. The number of nitrogens with zero attached hydrogens (tertiary/aromatic N) is 3. The number of carbonyl (C=O) groups excluding carboxylic acids is 2. The number of alkyl halides is 4. The van der Waals surface area contributed by atoms with Crippen LogP contribution in [0.1, 0.15) is 116 Å². The maximum absolute atomic E-state index is 14.5. The fourth-order valence-electron chi connectivity index (χ4n) is 6.81. The summed E-state index contributed by atoms with van der Waals surface area (Å²) in [5, 5.41) is 13.7. The van der Waals surface area contributed by atoms with Crippen molar-refractivity contribution in [3.63, 3.8) is 0 Å². The van der Waals surface area contributed by atoms with Gasteiger partial charge in [0.2, 0.25) is 17.8 Å². The second kappa shape index (κ2) is 10.6. The number of benzene rings is 1. The molecule has 2 aromatic heterocycles. The molecular formula is C30H34F4N6O3. The van der Waals surface area contributed by atoms with Gasteiger partial charge in [-0.3, -0.25) is 9.59 Å². The van der Waals surface area contributed by atoms with E-state index in [2.05, 4.69) is 25.9 Å². The molecule has 1 aromatic carbocycles. The van der Waals surface area contributed by atoms with Crippen molar-refractivity contribution in [2.75, 3.05) is 0 Å². The molecule has 9 nitrogen and oxygen atoms in total. The minimum absolute atomic E-state index is 0.0714. The Kier molecular flexibility index (Phi) is 6.96. The fraction of sp³-hybridized carbons (Fsp3) is 0.633. The van der Waals surface area contributed by atoms with E-state index in [4.69, 9.17) is 9.61 Å². The monoisotopic (exact) mass is 602 g/mol. The van der Waals surface area contributed by atoms with Crippen LogP contribution in [0.4, 0.5) is 17.6 Å². The van der Waals surface area contributed by atoms with Crippen LogP contribution in [0.5, 0.6) is 0 Å². The topological polar surface area (TPSA) is 126 Å². The van der Waals surface area contributed by atoms with E-state index in [-0.39, 0.29) is 67.5 Å².